The van der Waals surface area contributed by atoms with Crippen molar-refractivity contribution in [3.63, 3.8) is 0 Å². The van der Waals surface area contributed by atoms with Crippen molar-refractivity contribution >= 4 is 17.5 Å². The number of unbranched alkanes of at least 4 members (excludes halogenated alkanes) is 1. The summed E-state index contributed by atoms with van der Waals surface area (Å²) in [5.74, 6) is -0.110. The summed E-state index contributed by atoms with van der Waals surface area (Å²) in [7, 11) is 1.97. The summed E-state index contributed by atoms with van der Waals surface area (Å²) in [4.78, 5) is 26.0. The summed E-state index contributed by atoms with van der Waals surface area (Å²) >= 11 is 0. The fourth-order valence-corrected chi connectivity index (χ4v) is 3.18. The first-order valence-corrected chi connectivity index (χ1v) is 9.98. The van der Waals surface area contributed by atoms with Gasteiger partial charge in [-0.1, -0.05) is 44.0 Å². The second-order valence-corrected chi connectivity index (χ2v) is 7.31. The molecule has 1 unspecified atom stereocenters. The Morgan fingerprint density at radius 1 is 1.03 bits per heavy atom. The van der Waals surface area contributed by atoms with Crippen molar-refractivity contribution in [1.29, 1.82) is 0 Å². The van der Waals surface area contributed by atoms with E-state index in [-0.39, 0.29) is 23.7 Å². The number of amides is 2. The normalized spacial score (nSPS) is 11.9. The maximum Gasteiger partial charge on any atom is 0.319 e. The SMILES string of the molecule is CCCCC(C(C)=O)N(C)Cc1ccc(NC(=O)NCc2ccc(F)cc2)cc1. The first-order valence-electron chi connectivity index (χ1n) is 9.98. The zero-order chi connectivity index (χ0) is 21.2. The molecule has 29 heavy (non-hydrogen) atoms. The minimum Gasteiger partial charge on any atom is -0.334 e. The van der Waals surface area contributed by atoms with Gasteiger partial charge < -0.3 is 10.6 Å². The molecule has 2 aromatic rings. The summed E-state index contributed by atoms with van der Waals surface area (Å²) in [5, 5.41) is 5.52. The Balaban J connectivity index is 1.84. The van der Waals surface area contributed by atoms with Crippen LogP contribution >= 0.6 is 0 Å². The van der Waals surface area contributed by atoms with Gasteiger partial charge in [0.1, 0.15) is 11.6 Å². The van der Waals surface area contributed by atoms with Gasteiger partial charge in [-0.25, -0.2) is 9.18 Å². The van der Waals surface area contributed by atoms with Crippen molar-refractivity contribution in [3.05, 3.63) is 65.5 Å². The van der Waals surface area contributed by atoms with Gasteiger partial charge in [-0.05, 0) is 55.8 Å². The van der Waals surface area contributed by atoms with E-state index in [0.29, 0.717) is 18.8 Å². The van der Waals surface area contributed by atoms with Crippen LogP contribution in [0, 0.1) is 5.82 Å². The lowest BCUT2D eigenvalue weighted by molar-refractivity contribution is -0.122. The Morgan fingerprint density at radius 2 is 1.66 bits per heavy atom. The number of hydrogen-bond donors (Lipinski definition) is 2. The molecule has 2 aromatic carbocycles. The Kier molecular flexibility index (Phi) is 8.80. The minimum absolute atomic E-state index is 0.0648. The number of likely N-dealkylation sites (N-methyl/N-ethyl adjacent to an activating group) is 1. The Bertz CT molecular complexity index is 791. The van der Waals surface area contributed by atoms with Crippen LogP contribution in [0.15, 0.2) is 48.5 Å². The number of carbonyl (C=O) groups excluding carboxylic acids is 2. The largest absolute Gasteiger partial charge is 0.334 e. The lowest BCUT2D eigenvalue weighted by atomic mass is 10.0. The van der Waals surface area contributed by atoms with E-state index in [1.54, 1.807) is 19.1 Å². The molecule has 2 N–H and O–H groups in total. The topological polar surface area (TPSA) is 61.4 Å². The van der Waals surface area contributed by atoms with Crippen LogP contribution in [0.25, 0.3) is 0 Å². The quantitative estimate of drug-likeness (QED) is 0.607. The zero-order valence-corrected chi connectivity index (χ0v) is 17.4. The standard InChI is InChI=1S/C23H30FN3O2/c1-4-5-6-22(17(2)28)27(3)16-19-9-13-21(14-10-19)26-23(29)25-15-18-7-11-20(24)12-8-18/h7-14,22H,4-6,15-16H2,1-3H3,(H2,25,26,29). The molecule has 0 aromatic heterocycles. The molecule has 0 aliphatic rings. The lowest BCUT2D eigenvalue weighted by Gasteiger charge is -2.26. The van der Waals surface area contributed by atoms with Crippen LogP contribution in [0.5, 0.6) is 0 Å². The number of rotatable bonds is 10. The van der Waals surface area contributed by atoms with Gasteiger partial charge in [0.05, 0.1) is 6.04 Å². The van der Waals surface area contributed by atoms with Gasteiger partial charge in [-0.15, -0.1) is 0 Å². The number of carbonyl (C=O) groups is 2. The van der Waals surface area contributed by atoms with Crippen LogP contribution in [0.1, 0.15) is 44.2 Å². The van der Waals surface area contributed by atoms with Crippen LogP contribution in [-0.4, -0.2) is 29.8 Å². The maximum atomic E-state index is 12.9. The maximum absolute atomic E-state index is 12.9. The fourth-order valence-electron chi connectivity index (χ4n) is 3.18. The summed E-state index contributed by atoms with van der Waals surface area (Å²) in [6.07, 6.45) is 2.97. The molecule has 6 heteroatoms. The number of nitrogens with zero attached hydrogens (tertiary/aromatic N) is 1. The van der Waals surface area contributed by atoms with E-state index in [0.717, 1.165) is 30.4 Å². The number of halogens is 1. The van der Waals surface area contributed by atoms with Crippen LogP contribution in [0.2, 0.25) is 0 Å². The summed E-state index contributed by atoms with van der Waals surface area (Å²) in [6, 6.07) is 13.2. The molecule has 0 fully saturated rings. The second kappa shape index (κ2) is 11.3. The Hall–Kier alpha value is -2.73. The van der Waals surface area contributed by atoms with Crippen molar-refractivity contribution < 1.29 is 14.0 Å². The molecule has 0 aliphatic heterocycles. The number of benzene rings is 2. The molecule has 5 nitrogen and oxygen atoms in total. The van der Waals surface area contributed by atoms with Gasteiger partial charge in [0.25, 0.3) is 0 Å². The highest BCUT2D eigenvalue weighted by Gasteiger charge is 2.19. The molecule has 0 bridgehead atoms. The lowest BCUT2D eigenvalue weighted by Crippen LogP contribution is -2.36. The van der Waals surface area contributed by atoms with E-state index in [4.69, 9.17) is 0 Å². The van der Waals surface area contributed by atoms with E-state index in [9.17, 15) is 14.0 Å². The van der Waals surface area contributed by atoms with Gasteiger partial charge in [-0.3, -0.25) is 9.69 Å². The molecule has 0 heterocycles. The van der Waals surface area contributed by atoms with Crippen molar-refractivity contribution in [2.24, 2.45) is 0 Å². The first kappa shape index (κ1) is 22.6. The highest BCUT2D eigenvalue weighted by Crippen LogP contribution is 2.15. The van der Waals surface area contributed by atoms with Crippen molar-refractivity contribution in [2.45, 2.75) is 52.2 Å². The van der Waals surface area contributed by atoms with Crippen LogP contribution in [0.3, 0.4) is 0 Å². The van der Waals surface area contributed by atoms with Gasteiger partial charge >= 0.3 is 6.03 Å². The van der Waals surface area contributed by atoms with Crippen molar-refractivity contribution in [3.8, 4) is 0 Å². The van der Waals surface area contributed by atoms with Crippen molar-refractivity contribution in [1.82, 2.24) is 10.2 Å². The van der Waals surface area contributed by atoms with Crippen LogP contribution in [-0.2, 0) is 17.9 Å². The summed E-state index contributed by atoms with van der Waals surface area (Å²) in [6.45, 7) is 4.76. The number of urea groups is 1. The molecule has 0 saturated carbocycles. The molecular formula is C23H30FN3O2. The Morgan fingerprint density at radius 3 is 2.24 bits per heavy atom. The second-order valence-electron chi connectivity index (χ2n) is 7.31. The average molecular weight is 400 g/mol. The molecule has 0 aliphatic carbocycles. The van der Waals surface area contributed by atoms with E-state index in [1.165, 1.54) is 12.1 Å². The highest BCUT2D eigenvalue weighted by atomic mass is 19.1. The zero-order valence-electron chi connectivity index (χ0n) is 17.4. The third-order valence-electron chi connectivity index (χ3n) is 4.84. The smallest absolute Gasteiger partial charge is 0.319 e. The van der Waals surface area contributed by atoms with Crippen LogP contribution in [0.4, 0.5) is 14.9 Å². The molecule has 0 spiro atoms. The van der Waals surface area contributed by atoms with E-state index >= 15 is 0 Å². The number of Topliss-reactive ketones (excluding diaryl/α,β-unsaturated/α-hetero) is 1. The number of nitrogens with one attached hydrogen (secondary N) is 2. The Labute approximate surface area is 172 Å². The van der Waals surface area contributed by atoms with E-state index < -0.39 is 0 Å². The number of ketones is 1. The number of hydrogen-bond acceptors (Lipinski definition) is 3. The molecule has 0 saturated heterocycles. The van der Waals surface area contributed by atoms with Crippen molar-refractivity contribution in [2.75, 3.05) is 12.4 Å². The molecule has 1 atom stereocenters. The third-order valence-corrected chi connectivity index (χ3v) is 4.84. The van der Waals surface area contributed by atoms with E-state index in [1.807, 2.05) is 31.3 Å². The third kappa shape index (κ3) is 7.66. The minimum atomic E-state index is -0.324. The summed E-state index contributed by atoms with van der Waals surface area (Å²) < 4.78 is 12.9. The van der Waals surface area contributed by atoms with Crippen LogP contribution < -0.4 is 10.6 Å². The van der Waals surface area contributed by atoms with Gasteiger partial charge in [0.2, 0.25) is 0 Å². The predicted octanol–water partition coefficient (Wildman–Crippen LogP) is 4.73. The highest BCUT2D eigenvalue weighted by molar-refractivity contribution is 5.89. The van der Waals surface area contributed by atoms with E-state index in [2.05, 4.69) is 22.5 Å². The van der Waals surface area contributed by atoms with Gasteiger partial charge in [0, 0.05) is 18.8 Å². The van der Waals surface area contributed by atoms with Gasteiger partial charge in [-0.2, -0.15) is 0 Å². The molecule has 2 amide bonds. The molecular weight excluding hydrogens is 369 g/mol. The summed E-state index contributed by atoms with van der Waals surface area (Å²) in [5.41, 5.74) is 2.58. The molecule has 0 radical (unpaired) electrons. The number of anilines is 1. The monoisotopic (exact) mass is 399 g/mol. The predicted molar refractivity (Wildman–Crippen MR) is 114 cm³/mol. The average Bonchev–Trinajstić information content (AvgIpc) is 2.69. The molecule has 2 rings (SSSR count). The first-order chi connectivity index (χ1) is 13.9. The molecule has 156 valence electrons. The fraction of sp³-hybridized carbons (Fsp3) is 0.391. The van der Waals surface area contributed by atoms with Gasteiger partial charge in [0.15, 0.2) is 0 Å².